The summed E-state index contributed by atoms with van der Waals surface area (Å²) < 4.78 is 5.07. The standard InChI is InChI=1S/C18H17N3O2/c1-13-5-3-4-6-17(13)21-18(22)14(11-19)12-20-15-7-9-16(23-2)10-8-15/h3-10,12,20H,1-2H3,(H,21,22)/b14-12-. The van der Waals surface area contributed by atoms with Crippen LogP contribution in [0, 0.1) is 18.3 Å². The number of para-hydroxylation sites is 1. The van der Waals surface area contributed by atoms with Crippen molar-refractivity contribution in [3.05, 3.63) is 65.9 Å². The number of nitrogens with zero attached hydrogens (tertiary/aromatic N) is 1. The highest BCUT2D eigenvalue weighted by Crippen LogP contribution is 2.16. The van der Waals surface area contributed by atoms with Gasteiger partial charge in [-0.05, 0) is 42.8 Å². The minimum Gasteiger partial charge on any atom is -0.497 e. The van der Waals surface area contributed by atoms with E-state index in [-0.39, 0.29) is 5.57 Å². The molecule has 2 N–H and O–H groups in total. The zero-order valence-electron chi connectivity index (χ0n) is 13.0. The van der Waals surface area contributed by atoms with Crippen molar-refractivity contribution < 1.29 is 9.53 Å². The Morgan fingerprint density at radius 2 is 1.87 bits per heavy atom. The topological polar surface area (TPSA) is 74.1 Å². The monoisotopic (exact) mass is 307 g/mol. The summed E-state index contributed by atoms with van der Waals surface area (Å²) in [6.45, 7) is 1.89. The fourth-order valence-electron chi connectivity index (χ4n) is 1.89. The Kier molecular flexibility index (Phi) is 5.37. The fourth-order valence-corrected chi connectivity index (χ4v) is 1.89. The van der Waals surface area contributed by atoms with Crippen LogP contribution < -0.4 is 15.4 Å². The molecular formula is C18H17N3O2. The van der Waals surface area contributed by atoms with Crippen molar-refractivity contribution in [2.24, 2.45) is 0 Å². The molecule has 0 radical (unpaired) electrons. The SMILES string of the molecule is COc1ccc(N/C=C(/C#N)C(=O)Nc2ccccc2C)cc1. The van der Waals surface area contributed by atoms with Gasteiger partial charge in [0.1, 0.15) is 17.4 Å². The normalized spacial score (nSPS) is 10.6. The number of hydrogen-bond donors (Lipinski definition) is 2. The van der Waals surface area contributed by atoms with Crippen molar-refractivity contribution in [2.45, 2.75) is 6.92 Å². The molecule has 0 saturated carbocycles. The van der Waals surface area contributed by atoms with Gasteiger partial charge in [0, 0.05) is 17.6 Å². The average molecular weight is 307 g/mol. The van der Waals surface area contributed by atoms with E-state index in [1.807, 2.05) is 31.2 Å². The van der Waals surface area contributed by atoms with Crippen molar-refractivity contribution in [3.63, 3.8) is 0 Å². The largest absolute Gasteiger partial charge is 0.497 e. The number of carbonyl (C=O) groups excluding carboxylic acids is 1. The number of nitrogens with one attached hydrogen (secondary N) is 2. The molecule has 5 heteroatoms. The Balaban J connectivity index is 2.07. The lowest BCUT2D eigenvalue weighted by atomic mass is 10.2. The molecule has 0 saturated heterocycles. The van der Waals surface area contributed by atoms with E-state index < -0.39 is 5.91 Å². The molecular weight excluding hydrogens is 290 g/mol. The van der Waals surface area contributed by atoms with Crippen molar-refractivity contribution in [1.82, 2.24) is 0 Å². The van der Waals surface area contributed by atoms with Gasteiger partial charge in [-0.15, -0.1) is 0 Å². The minimum atomic E-state index is -0.456. The van der Waals surface area contributed by atoms with Gasteiger partial charge in [-0.1, -0.05) is 18.2 Å². The van der Waals surface area contributed by atoms with Crippen LogP contribution in [0.4, 0.5) is 11.4 Å². The molecule has 0 bridgehead atoms. The van der Waals surface area contributed by atoms with Crippen molar-refractivity contribution in [2.75, 3.05) is 17.7 Å². The third kappa shape index (κ3) is 4.35. The smallest absolute Gasteiger partial charge is 0.267 e. The lowest BCUT2D eigenvalue weighted by Crippen LogP contribution is -2.15. The van der Waals surface area contributed by atoms with E-state index in [1.54, 1.807) is 37.4 Å². The maximum Gasteiger partial charge on any atom is 0.267 e. The molecule has 5 nitrogen and oxygen atoms in total. The first-order valence-corrected chi connectivity index (χ1v) is 7.02. The van der Waals surface area contributed by atoms with Crippen LogP contribution in [0.5, 0.6) is 5.75 Å². The van der Waals surface area contributed by atoms with Crippen LogP contribution in [0.3, 0.4) is 0 Å². The maximum atomic E-state index is 12.2. The van der Waals surface area contributed by atoms with Crippen LogP contribution in [0.2, 0.25) is 0 Å². The van der Waals surface area contributed by atoms with Crippen LogP contribution in [-0.2, 0) is 4.79 Å². The Morgan fingerprint density at radius 3 is 2.48 bits per heavy atom. The van der Waals surface area contributed by atoms with E-state index in [9.17, 15) is 4.79 Å². The predicted octanol–water partition coefficient (Wildman–Crippen LogP) is 3.46. The zero-order chi connectivity index (χ0) is 16.7. The molecule has 0 fully saturated rings. The quantitative estimate of drug-likeness (QED) is 0.655. The Bertz CT molecular complexity index is 759. The predicted molar refractivity (Wildman–Crippen MR) is 90.1 cm³/mol. The number of ether oxygens (including phenoxy) is 1. The van der Waals surface area contributed by atoms with Gasteiger partial charge in [-0.2, -0.15) is 5.26 Å². The number of aryl methyl sites for hydroxylation is 1. The number of nitriles is 1. The van der Waals surface area contributed by atoms with Crippen LogP contribution >= 0.6 is 0 Å². The maximum absolute atomic E-state index is 12.2. The van der Waals surface area contributed by atoms with E-state index in [0.29, 0.717) is 5.69 Å². The van der Waals surface area contributed by atoms with Crippen LogP contribution in [0.25, 0.3) is 0 Å². The van der Waals surface area contributed by atoms with Gasteiger partial charge in [0.2, 0.25) is 0 Å². The van der Waals surface area contributed by atoms with Crippen LogP contribution in [-0.4, -0.2) is 13.0 Å². The highest BCUT2D eigenvalue weighted by Gasteiger charge is 2.10. The van der Waals surface area contributed by atoms with Crippen molar-refractivity contribution >= 4 is 17.3 Å². The van der Waals surface area contributed by atoms with Crippen molar-refractivity contribution in [3.8, 4) is 11.8 Å². The van der Waals surface area contributed by atoms with E-state index in [4.69, 9.17) is 10.00 Å². The van der Waals surface area contributed by atoms with Gasteiger partial charge < -0.3 is 15.4 Å². The molecule has 0 aliphatic heterocycles. The third-order valence-corrected chi connectivity index (χ3v) is 3.23. The number of methoxy groups -OCH3 is 1. The van der Waals surface area contributed by atoms with Gasteiger partial charge >= 0.3 is 0 Å². The summed E-state index contributed by atoms with van der Waals surface area (Å²) >= 11 is 0. The van der Waals surface area contributed by atoms with Crippen LogP contribution in [0.15, 0.2) is 60.3 Å². The van der Waals surface area contributed by atoms with Gasteiger partial charge in [0.25, 0.3) is 5.91 Å². The summed E-state index contributed by atoms with van der Waals surface area (Å²) in [6.07, 6.45) is 1.38. The summed E-state index contributed by atoms with van der Waals surface area (Å²) in [6, 6.07) is 16.5. The first kappa shape index (κ1) is 16.1. The molecule has 0 heterocycles. The van der Waals surface area contributed by atoms with Crippen LogP contribution in [0.1, 0.15) is 5.56 Å². The lowest BCUT2D eigenvalue weighted by Gasteiger charge is -2.08. The van der Waals surface area contributed by atoms with E-state index in [2.05, 4.69) is 10.6 Å². The average Bonchev–Trinajstić information content (AvgIpc) is 2.58. The van der Waals surface area contributed by atoms with Gasteiger partial charge in [-0.3, -0.25) is 4.79 Å². The van der Waals surface area contributed by atoms with E-state index >= 15 is 0 Å². The molecule has 2 aromatic carbocycles. The van der Waals surface area contributed by atoms with Gasteiger partial charge in [-0.25, -0.2) is 0 Å². The van der Waals surface area contributed by atoms with E-state index in [1.165, 1.54) is 6.20 Å². The molecule has 0 atom stereocenters. The molecule has 0 aliphatic carbocycles. The Labute approximate surface area is 135 Å². The first-order chi connectivity index (χ1) is 11.1. The molecule has 0 spiro atoms. The highest BCUT2D eigenvalue weighted by atomic mass is 16.5. The summed E-state index contributed by atoms with van der Waals surface area (Å²) in [5.41, 5.74) is 2.36. The molecule has 2 rings (SSSR count). The fraction of sp³-hybridized carbons (Fsp3) is 0.111. The molecule has 0 aliphatic rings. The van der Waals surface area contributed by atoms with Gasteiger partial charge in [0.05, 0.1) is 7.11 Å². The molecule has 23 heavy (non-hydrogen) atoms. The Hall–Kier alpha value is -3.26. The van der Waals surface area contributed by atoms with Crippen molar-refractivity contribution in [1.29, 1.82) is 5.26 Å². The second-order valence-electron chi connectivity index (χ2n) is 4.81. The summed E-state index contributed by atoms with van der Waals surface area (Å²) in [5.74, 6) is 0.278. The number of carbonyl (C=O) groups is 1. The highest BCUT2D eigenvalue weighted by molar-refractivity contribution is 6.07. The third-order valence-electron chi connectivity index (χ3n) is 3.23. The second kappa shape index (κ2) is 7.66. The number of anilines is 2. The molecule has 0 aromatic heterocycles. The summed E-state index contributed by atoms with van der Waals surface area (Å²) in [5, 5.41) is 14.8. The number of amides is 1. The van der Waals surface area contributed by atoms with Gasteiger partial charge in [0.15, 0.2) is 0 Å². The number of rotatable bonds is 5. The Morgan fingerprint density at radius 1 is 1.17 bits per heavy atom. The van der Waals surface area contributed by atoms with E-state index in [0.717, 1.165) is 17.0 Å². The first-order valence-electron chi connectivity index (χ1n) is 7.02. The zero-order valence-corrected chi connectivity index (χ0v) is 13.0. The molecule has 1 amide bonds. The molecule has 2 aromatic rings. The summed E-state index contributed by atoms with van der Waals surface area (Å²) in [7, 11) is 1.59. The molecule has 0 unspecified atom stereocenters. The lowest BCUT2D eigenvalue weighted by molar-refractivity contribution is -0.112. The summed E-state index contributed by atoms with van der Waals surface area (Å²) in [4.78, 5) is 12.2. The minimum absolute atomic E-state index is 0.0101. The second-order valence-corrected chi connectivity index (χ2v) is 4.81. The molecule has 116 valence electrons. The number of hydrogen-bond acceptors (Lipinski definition) is 4. The number of benzene rings is 2.